The van der Waals surface area contributed by atoms with Gasteiger partial charge in [-0.25, -0.2) is 13.8 Å². The number of halogens is 2. The maximum Gasteiger partial charge on any atom is 0.267 e. The summed E-state index contributed by atoms with van der Waals surface area (Å²) >= 11 is 0. The van der Waals surface area contributed by atoms with Crippen molar-refractivity contribution in [3.05, 3.63) is 23.0 Å². The highest BCUT2D eigenvalue weighted by molar-refractivity contribution is 5.74. The van der Waals surface area contributed by atoms with Crippen molar-refractivity contribution in [2.45, 2.75) is 13.0 Å². The van der Waals surface area contributed by atoms with E-state index in [9.17, 15) is 13.6 Å². The van der Waals surface area contributed by atoms with E-state index in [0.717, 1.165) is 6.07 Å². The molecule has 1 heterocycles. The Balaban J connectivity index is 3.34. The van der Waals surface area contributed by atoms with Crippen molar-refractivity contribution in [1.29, 1.82) is 0 Å². The van der Waals surface area contributed by atoms with Crippen molar-refractivity contribution in [2.24, 2.45) is 5.73 Å². The molecule has 1 rings (SSSR count). The zero-order chi connectivity index (χ0) is 10.7. The Bertz CT molecular complexity index is 355. The normalized spacial score (nSPS) is 10.6. The second-order valence-corrected chi connectivity index (χ2v) is 2.62. The maximum absolute atomic E-state index is 12.4. The average molecular weight is 201 g/mol. The molecule has 1 aromatic heterocycles. The van der Waals surface area contributed by atoms with Crippen LogP contribution in [0.3, 0.4) is 0 Å². The molecule has 0 atom stereocenters. The summed E-state index contributed by atoms with van der Waals surface area (Å²) < 4.78 is 24.9. The highest BCUT2D eigenvalue weighted by atomic mass is 19.3. The van der Waals surface area contributed by atoms with Crippen LogP contribution in [0.4, 0.5) is 14.5 Å². The van der Waals surface area contributed by atoms with Gasteiger partial charge in [0, 0.05) is 12.2 Å². The number of carbonyl (C=O) groups is 1. The first-order valence-corrected chi connectivity index (χ1v) is 3.82. The summed E-state index contributed by atoms with van der Waals surface area (Å²) in [7, 11) is 0. The third-order valence-electron chi connectivity index (χ3n) is 1.72. The first-order valence-electron chi connectivity index (χ1n) is 3.82. The Hall–Kier alpha value is -1.56. The zero-order valence-corrected chi connectivity index (χ0v) is 7.21. The molecule has 0 spiro atoms. The van der Waals surface area contributed by atoms with Crippen LogP contribution in [0.2, 0.25) is 0 Å². The van der Waals surface area contributed by atoms with E-state index in [1.165, 1.54) is 0 Å². The molecular formula is C8H9F2N3O. The Labute approximate surface area is 78.9 Å². The van der Waals surface area contributed by atoms with Crippen LogP contribution >= 0.6 is 0 Å². The molecule has 0 unspecified atom stereocenters. The molecule has 4 N–H and O–H groups in total. The molecule has 0 fully saturated rings. The topological polar surface area (TPSA) is 82.0 Å². The van der Waals surface area contributed by atoms with E-state index in [1.807, 2.05) is 0 Å². The number of carbonyl (C=O) groups excluding carboxylic acids is 1. The lowest BCUT2D eigenvalue weighted by Crippen LogP contribution is -2.10. The third kappa shape index (κ3) is 1.85. The van der Waals surface area contributed by atoms with Gasteiger partial charge >= 0.3 is 0 Å². The summed E-state index contributed by atoms with van der Waals surface area (Å²) in [5, 5.41) is 0. The van der Waals surface area contributed by atoms with E-state index in [1.54, 1.807) is 0 Å². The van der Waals surface area contributed by atoms with Crippen molar-refractivity contribution in [2.75, 3.05) is 5.73 Å². The van der Waals surface area contributed by atoms with E-state index in [2.05, 4.69) is 4.98 Å². The van der Waals surface area contributed by atoms with Crippen molar-refractivity contribution in [3.8, 4) is 0 Å². The van der Waals surface area contributed by atoms with Crippen LogP contribution in [0.15, 0.2) is 6.07 Å². The highest BCUT2D eigenvalue weighted by Crippen LogP contribution is 2.27. The van der Waals surface area contributed by atoms with Crippen molar-refractivity contribution >= 4 is 12.0 Å². The van der Waals surface area contributed by atoms with Gasteiger partial charge in [0.05, 0.1) is 11.3 Å². The summed E-state index contributed by atoms with van der Waals surface area (Å²) in [5.41, 5.74) is 9.97. The van der Waals surface area contributed by atoms with E-state index in [4.69, 9.17) is 11.5 Å². The van der Waals surface area contributed by atoms with Crippen LogP contribution in [0.5, 0.6) is 0 Å². The predicted molar refractivity (Wildman–Crippen MR) is 46.9 cm³/mol. The maximum atomic E-state index is 12.4. The molecule has 0 saturated carbocycles. The largest absolute Gasteiger partial charge is 0.398 e. The molecule has 0 amide bonds. The minimum absolute atomic E-state index is 0.00681. The van der Waals surface area contributed by atoms with Crippen molar-refractivity contribution in [3.63, 3.8) is 0 Å². The summed E-state index contributed by atoms with van der Waals surface area (Å²) in [6.45, 7) is -0.175. The van der Waals surface area contributed by atoms with Gasteiger partial charge in [-0.05, 0) is 6.07 Å². The lowest BCUT2D eigenvalue weighted by molar-refractivity contribution is 0.111. The standard InChI is InChI=1S/C8H9F2N3O/c9-8(10)7-5(12)1-4(3-14)13-6(7)2-11/h1,3,8H,2,11H2,(H2,12,13). The number of alkyl halides is 2. The van der Waals surface area contributed by atoms with Crippen LogP contribution < -0.4 is 11.5 Å². The number of aldehydes is 1. The molecule has 0 aromatic carbocycles. The van der Waals surface area contributed by atoms with Gasteiger partial charge in [0.25, 0.3) is 6.43 Å². The van der Waals surface area contributed by atoms with E-state index in [-0.39, 0.29) is 23.6 Å². The van der Waals surface area contributed by atoms with Gasteiger partial charge in [0.15, 0.2) is 6.29 Å². The minimum atomic E-state index is -2.73. The Morgan fingerprint density at radius 2 is 2.21 bits per heavy atom. The number of hydrogen-bond donors (Lipinski definition) is 2. The molecule has 0 aliphatic heterocycles. The third-order valence-corrected chi connectivity index (χ3v) is 1.72. The van der Waals surface area contributed by atoms with Crippen molar-refractivity contribution in [1.82, 2.24) is 4.98 Å². The monoisotopic (exact) mass is 201 g/mol. The second kappa shape index (κ2) is 4.10. The summed E-state index contributed by atoms with van der Waals surface area (Å²) in [5.74, 6) is 0. The van der Waals surface area contributed by atoms with E-state index < -0.39 is 12.0 Å². The SMILES string of the molecule is NCc1nc(C=O)cc(N)c1C(F)F. The van der Waals surface area contributed by atoms with Gasteiger partial charge in [0.2, 0.25) is 0 Å². The Morgan fingerprint density at radius 3 is 2.64 bits per heavy atom. The molecule has 1 aromatic rings. The van der Waals surface area contributed by atoms with Gasteiger partial charge in [-0.1, -0.05) is 0 Å². The number of pyridine rings is 1. The van der Waals surface area contributed by atoms with Crippen molar-refractivity contribution < 1.29 is 13.6 Å². The van der Waals surface area contributed by atoms with Crippen LogP contribution in [-0.2, 0) is 6.54 Å². The Morgan fingerprint density at radius 1 is 1.57 bits per heavy atom. The second-order valence-electron chi connectivity index (χ2n) is 2.62. The lowest BCUT2D eigenvalue weighted by Gasteiger charge is -2.09. The molecule has 0 bridgehead atoms. The van der Waals surface area contributed by atoms with Crippen LogP contribution in [-0.4, -0.2) is 11.3 Å². The van der Waals surface area contributed by atoms with Gasteiger partial charge in [-0.3, -0.25) is 4.79 Å². The highest BCUT2D eigenvalue weighted by Gasteiger charge is 2.18. The van der Waals surface area contributed by atoms with Gasteiger partial charge in [-0.2, -0.15) is 0 Å². The van der Waals surface area contributed by atoms with Gasteiger partial charge < -0.3 is 11.5 Å². The van der Waals surface area contributed by atoms with Gasteiger partial charge in [0.1, 0.15) is 5.69 Å². The van der Waals surface area contributed by atoms with E-state index >= 15 is 0 Å². The molecule has 0 aliphatic rings. The number of anilines is 1. The molecule has 0 saturated heterocycles. The molecule has 76 valence electrons. The number of aromatic nitrogens is 1. The summed E-state index contributed by atoms with van der Waals surface area (Å²) in [6.07, 6.45) is -2.30. The van der Waals surface area contributed by atoms with E-state index in [0.29, 0.717) is 6.29 Å². The Kier molecular flexibility index (Phi) is 3.08. The fraction of sp³-hybridized carbons (Fsp3) is 0.250. The van der Waals surface area contributed by atoms with Crippen LogP contribution in [0.25, 0.3) is 0 Å². The summed E-state index contributed by atoms with van der Waals surface area (Å²) in [6, 6.07) is 1.10. The lowest BCUT2D eigenvalue weighted by atomic mass is 10.1. The molecule has 0 aliphatic carbocycles. The molecule has 14 heavy (non-hydrogen) atoms. The molecule has 6 heteroatoms. The number of rotatable bonds is 3. The molecule has 0 radical (unpaired) electrons. The first kappa shape index (κ1) is 10.5. The van der Waals surface area contributed by atoms with Crippen LogP contribution in [0.1, 0.15) is 28.2 Å². The first-order chi connectivity index (χ1) is 6.60. The average Bonchev–Trinajstić information content (AvgIpc) is 2.15. The predicted octanol–water partition coefficient (Wildman–Crippen LogP) is 0.873. The quantitative estimate of drug-likeness (QED) is 0.711. The zero-order valence-electron chi connectivity index (χ0n) is 7.21. The van der Waals surface area contributed by atoms with Gasteiger partial charge in [-0.15, -0.1) is 0 Å². The molecular weight excluding hydrogens is 192 g/mol. The summed E-state index contributed by atoms with van der Waals surface area (Å²) in [4.78, 5) is 14.0. The number of nitrogen functional groups attached to an aromatic ring is 1. The number of nitrogens with zero attached hydrogens (tertiary/aromatic N) is 1. The fourth-order valence-electron chi connectivity index (χ4n) is 1.12. The smallest absolute Gasteiger partial charge is 0.267 e. The minimum Gasteiger partial charge on any atom is -0.398 e. The number of nitrogens with two attached hydrogens (primary N) is 2. The van der Waals surface area contributed by atoms with Crippen LogP contribution in [0, 0.1) is 0 Å². The molecule has 4 nitrogen and oxygen atoms in total. The fourth-order valence-corrected chi connectivity index (χ4v) is 1.12. The number of hydrogen-bond acceptors (Lipinski definition) is 4.